The third-order valence-electron chi connectivity index (χ3n) is 4.03. The second kappa shape index (κ2) is 4.58. The molecule has 1 heteroatoms. The molecule has 1 fully saturated rings. The van der Waals surface area contributed by atoms with Crippen LogP contribution in [0.3, 0.4) is 0 Å². The first-order valence-electron chi connectivity index (χ1n) is 6.39. The highest BCUT2D eigenvalue weighted by Gasteiger charge is 2.41. The first kappa shape index (κ1) is 11.7. The molecule has 0 saturated heterocycles. The molecule has 1 atom stereocenters. The minimum absolute atomic E-state index is 0.590. The Labute approximate surface area is 99.3 Å². The van der Waals surface area contributed by atoms with E-state index in [4.69, 9.17) is 0 Å². The van der Waals surface area contributed by atoms with E-state index in [0.29, 0.717) is 11.5 Å². The van der Waals surface area contributed by atoms with Gasteiger partial charge in [0.2, 0.25) is 0 Å². The van der Waals surface area contributed by atoms with Crippen molar-refractivity contribution in [2.45, 2.75) is 46.1 Å². The number of nitrogens with one attached hydrogen (secondary N) is 1. The van der Waals surface area contributed by atoms with Crippen LogP contribution >= 0.6 is 0 Å². The second-order valence-electron chi connectivity index (χ2n) is 5.57. The average Bonchev–Trinajstić information content (AvgIpc) is 2.98. The molecule has 0 heterocycles. The van der Waals surface area contributed by atoms with Crippen LogP contribution in [-0.2, 0) is 6.42 Å². The maximum Gasteiger partial charge on any atom is 0.00926 e. The van der Waals surface area contributed by atoms with Crippen molar-refractivity contribution in [2.24, 2.45) is 5.41 Å². The lowest BCUT2D eigenvalue weighted by atomic mass is 10.0. The number of benzene rings is 1. The Hall–Kier alpha value is -0.820. The van der Waals surface area contributed by atoms with Crippen LogP contribution in [0.1, 0.15) is 37.8 Å². The highest BCUT2D eigenvalue weighted by atomic mass is 14.9. The van der Waals surface area contributed by atoms with Crippen LogP contribution in [0, 0.1) is 12.3 Å². The topological polar surface area (TPSA) is 12.0 Å². The number of rotatable bonds is 5. The molecule has 1 aliphatic carbocycles. The molecular weight excluding hydrogens is 194 g/mol. The standard InChI is InChI=1S/C15H23N/c1-12-5-4-6-14(11-12)7-10-16-13(2)15(3)8-9-15/h4-6,11,13,16H,7-10H2,1-3H3. The summed E-state index contributed by atoms with van der Waals surface area (Å²) in [5.74, 6) is 0. The third-order valence-corrected chi connectivity index (χ3v) is 4.03. The summed E-state index contributed by atoms with van der Waals surface area (Å²) in [6.45, 7) is 7.96. The SMILES string of the molecule is Cc1cccc(CCNC(C)C2(C)CC2)c1. The normalized spacial score (nSPS) is 19.4. The van der Waals surface area contributed by atoms with Gasteiger partial charge in [-0.1, -0.05) is 36.8 Å². The van der Waals surface area contributed by atoms with Crippen LogP contribution in [0.2, 0.25) is 0 Å². The molecule has 1 aromatic carbocycles. The van der Waals surface area contributed by atoms with Gasteiger partial charge in [0.05, 0.1) is 0 Å². The van der Waals surface area contributed by atoms with Gasteiger partial charge in [0.25, 0.3) is 0 Å². The molecular formula is C15H23N. The summed E-state index contributed by atoms with van der Waals surface area (Å²) in [7, 11) is 0. The monoisotopic (exact) mass is 217 g/mol. The van der Waals surface area contributed by atoms with Gasteiger partial charge in [0.1, 0.15) is 0 Å². The first-order valence-corrected chi connectivity index (χ1v) is 6.39. The molecule has 0 radical (unpaired) electrons. The van der Waals surface area contributed by atoms with Gasteiger partial charge in [0, 0.05) is 6.04 Å². The van der Waals surface area contributed by atoms with Crippen molar-refractivity contribution in [1.82, 2.24) is 5.32 Å². The molecule has 1 N–H and O–H groups in total. The van der Waals surface area contributed by atoms with E-state index >= 15 is 0 Å². The van der Waals surface area contributed by atoms with Gasteiger partial charge in [-0.25, -0.2) is 0 Å². The summed E-state index contributed by atoms with van der Waals surface area (Å²) in [6.07, 6.45) is 3.93. The van der Waals surface area contributed by atoms with E-state index in [1.165, 1.54) is 24.0 Å². The van der Waals surface area contributed by atoms with Gasteiger partial charge in [-0.15, -0.1) is 0 Å². The lowest BCUT2D eigenvalue weighted by molar-refractivity contribution is 0.383. The molecule has 0 aliphatic heterocycles. The quantitative estimate of drug-likeness (QED) is 0.798. The maximum atomic E-state index is 3.65. The number of aryl methyl sites for hydroxylation is 1. The summed E-state index contributed by atoms with van der Waals surface area (Å²) in [5.41, 5.74) is 3.40. The van der Waals surface area contributed by atoms with Gasteiger partial charge >= 0.3 is 0 Å². The second-order valence-corrected chi connectivity index (χ2v) is 5.57. The van der Waals surface area contributed by atoms with Crippen molar-refractivity contribution in [2.75, 3.05) is 6.54 Å². The fourth-order valence-corrected chi connectivity index (χ4v) is 2.18. The van der Waals surface area contributed by atoms with E-state index < -0.39 is 0 Å². The highest BCUT2D eigenvalue weighted by Crippen LogP contribution is 2.47. The molecule has 0 aromatic heterocycles. The lowest BCUT2D eigenvalue weighted by Crippen LogP contribution is -2.34. The van der Waals surface area contributed by atoms with E-state index in [0.717, 1.165) is 13.0 Å². The lowest BCUT2D eigenvalue weighted by Gasteiger charge is -2.20. The first-order chi connectivity index (χ1) is 7.60. The van der Waals surface area contributed by atoms with Gasteiger partial charge in [0.15, 0.2) is 0 Å². The summed E-state index contributed by atoms with van der Waals surface area (Å²) < 4.78 is 0. The minimum atomic E-state index is 0.590. The largest absolute Gasteiger partial charge is 0.313 e. The van der Waals surface area contributed by atoms with E-state index in [1.54, 1.807) is 0 Å². The average molecular weight is 217 g/mol. The van der Waals surface area contributed by atoms with Crippen LogP contribution in [0.25, 0.3) is 0 Å². The van der Waals surface area contributed by atoms with Crippen molar-refractivity contribution < 1.29 is 0 Å². The Kier molecular flexibility index (Phi) is 3.34. The number of hydrogen-bond donors (Lipinski definition) is 1. The van der Waals surface area contributed by atoms with Crippen LogP contribution in [0.4, 0.5) is 0 Å². The zero-order valence-electron chi connectivity index (χ0n) is 10.7. The van der Waals surface area contributed by atoms with Crippen molar-refractivity contribution >= 4 is 0 Å². The Morgan fingerprint density at radius 3 is 2.75 bits per heavy atom. The van der Waals surface area contributed by atoms with E-state index in [9.17, 15) is 0 Å². The predicted octanol–water partition coefficient (Wildman–Crippen LogP) is 3.32. The third kappa shape index (κ3) is 2.85. The van der Waals surface area contributed by atoms with Crippen molar-refractivity contribution in [3.8, 4) is 0 Å². The summed E-state index contributed by atoms with van der Waals surface area (Å²) in [5, 5.41) is 3.65. The Morgan fingerprint density at radius 2 is 2.12 bits per heavy atom. The summed E-state index contributed by atoms with van der Waals surface area (Å²) in [4.78, 5) is 0. The van der Waals surface area contributed by atoms with Gasteiger partial charge in [-0.05, 0) is 50.6 Å². The molecule has 0 bridgehead atoms. The molecule has 0 spiro atoms. The van der Waals surface area contributed by atoms with Gasteiger partial charge < -0.3 is 5.32 Å². The molecule has 2 rings (SSSR count). The minimum Gasteiger partial charge on any atom is -0.313 e. The molecule has 1 aliphatic rings. The molecule has 88 valence electrons. The van der Waals surface area contributed by atoms with Gasteiger partial charge in [-0.3, -0.25) is 0 Å². The van der Waals surface area contributed by atoms with Crippen molar-refractivity contribution in [3.63, 3.8) is 0 Å². The fourth-order valence-electron chi connectivity index (χ4n) is 2.18. The molecule has 1 nitrogen and oxygen atoms in total. The number of hydrogen-bond acceptors (Lipinski definition) is 1. The molecule has 1 saturated carbocycles. The van der Waals surface area contributed by atoms with E-state index in [1.807, 2.05) is 0 Å². The maximum absolute atomic E-state index is 3.65. The summed E-state index contributed by atoms with van der Waals surface area (Å²) >= 11 is 0. The Balaban J connectivity index is 1.75. The van der Waals surface area contributed by atoms with Crippen LogP contribution in [0.15, 0.2) is 24.3 Å². The van der Waals surface area contributed by atoms with E-state index in [2.05, 4.69) is 50.4 Å². The van der Waals surface area contributed by atoms with Crippen molar-refractivity contribution in [3.05, 3.63) is 35.4 Å². The molecule has 1 aromatic rings. The smallest absolute Gasteiger partial charge is 0.00926 e. The van der Waals surface area contributed by atoms with Crippen molar-refractivity contribution in [1.29, 1.82) is 0 Å². The zero-order valence-corrected chi connectivity index (χ0v) is 10.7. The predicted molar refractivity (Wildman–Crippen MR) is 69.7 cm³/mol. The van der Waals surface area contributed by atoms with E-state index in [-0.39, 0.29) is 0 Å². The zero-order chi connectivity index (χ0) is 11.6. The van der Waals surface area contributed by atoms with Gasteiger partial charge in [-0.2, -0.15) is 0 Å². The van der Waals surface area contributed by atoms with Crippen LogP contribution in [-0.4, -0.2) is 12.6 Å². The Morgan fingerprint density at radius 1 is 1.38 bits per heavy atom. The molecule has 16 heavy (non-hydrogen) atoms. The highest BCUT2D eigenvalue weighted by molar-refractivity contribution is 5.22. The molecule has 0 amide bonds. The fraction of sp³-hybridized carbons (Fsp3) is 0.600. The molecule has 1 unspecified atom stereocenters. The van der Waals surface area contributed by atoms with Crippen LogP contribution in [0.5, 0.6) is 0 Å². The summed E-state index contributed by atoms with van der Waals surface area (Å²) in [6, 6.07) is 9.47. The van der Waals surface area contributed by atoms with Crippen LogP contribution < -0.4 is 5.32 Å². The Bertz CT molecular complexity index is 352.